The van der Waals surface area contributed by atoms with Gasteiger partial charge in [0.05, 0.1) is 29.0 Å². The summed E-state index contributed by atoms with van der Waals surface area (Å²) in [6.07, 6.45) is -0.832. The smallest absolute Gasteiger partial charge is 0.413 e. The number of imide groups is 1. The zero-order valence-corrected chi connectivity index (χ0v) is 17.4. The van der Waals surface area contributed by atoms with Gasteiger partial charge in [0.15, 0.2) is 5.16 Å². The highest BCUT2D eigenvalue weighted by Crippen LogP contribution is 2.27. The van der Waals surface area contributed by atoms with E-state index in [0.29, 0.717) is 16.1 Å². The fourth-order valence-corrected chi connectivity index (χ4v) is 3.92. The van der Waals surface area contributed by atoms with Crippen molar-refractivity contribution in [3.8, 4) is 5.69 Å². The molecule has 1 atom stereocenters. The van der Waals surface area contributed by atoms with Crippen molar-refractivity contribution in [1.82, 2.24) is 14.9 Å². The van der Waals surface area contributed by atoms with Crippen molar-refractivity contribution in [2.75, 3.05) is 7.11 Å². The van der Waals surface area contributed by atoms with Gasteiger partial charge in [0.25, 0.3) is 5.56 Å². The van der Waals surface area contributed by atoms with E-state index in [4.69, 9.17) is 0 Å². The van der Waals surface area contributed by atoms with E-state index in [0.717, 1.165) is 28.6 Å². The normalized spacial score (nSPS) is 11.9. The molecule has 0 spiro atoms. The van der Waals surface area contributed by atoms with Crippen LogP contribution in [0, 0.1) is 13.8 Å². The second-order valence-corrected chi connectivity index (χ2v) is 7.84. The average molecular weight is 411 g/mol. The van der Waals surface area contributed by atoms with E-state index >= 15 is 0 Å². The number of ether oxygens (including phenoxy) is 1. The van der Waals surface area contributed by atoms with Crippen LogP contribution < -0.4 is 10.9 Å². The van der Waals surface area contributed by atoms with E-state index in [9.17, 15) is 14.4 Å². The number of alkyl carbamates (subject to hydrolysis) is 1. The molecule has 3 aromatic rings. The van der Waals surface area contributed by atoms with E-state index in [1.165, 1.54) is 7.11 Å². The van der Waals surface area contributed by atoms with Gasteiger partial charge in [0.1, 0.15) is 0 Å². The third kappa shape index (κ3) is 4.17. The maximum atomic E-state index is 13.4. The maximum absolute atomic E-state index is 13.4. The Morgan fingerprint density at radius 2 is 1.76 bits per heavy atom. The second kappa shape index (κ2) is 8.48. The number of carbonyl (C=O) groups excluding carboxylic acids is 2. The molecule has 29 heavy (non-hydrogen) atoms. The SMILES string of the molecule is COC(=O)NC(=O)[C@@H](C)Sc1nc2ccccc2c(=O)n1-c1c(C)cccc1C. The zero-order chi connectivity index (χ0) is 21.1. The number of rotatable bonds is 4. The Morgan fingerprint density at radius 3 is 2.41 bits per heavy atom. The van der Waals surface area contributed by atoms with E-state index in [1.807, 2.05) is 32.0 Å². The fourth-order valence-electron chi connectivity index (χ4n) is 3.01. The summed E-state index contributed by atoms with van der Waals surface area (Å²) < 4.78 is 6.01. The van der Waals surface area contributed by atoms with Crippen LogP contribution in [0.3, 0.4) is 0 Å². The van der Waals surface area contributed by atoms with E-state index in [1.54, 1.807) is 35.8 Å². The quantitative estimate of drug-likeness (QED) is 0.523. The molecular formula is C21H21N3O4S. The van der Waals surface area contributed by atoms with E-state index in [-0.39, 0.29) is 5.56 Å². The largest absolute Gasteiger partial charge is 0.453 e. The molecule has 0 saturated heterocycles. The molecule has 0 unspecified atom stereocenters. The van der Waals surface area contributed by atoms with Crippen LogP contribution in [0.5, 0.6) is 0 Å². The van der Waals surface area contributed by atoms with Gasteiger partial charge < -0.3 is 4.74 Å². The van der Waals surface area contributed by atoms with Crippen LogP contribution in [0.15, 0.2) is 52.4 Å². The number of aryl methyl sites for hydroxylation is 2. The Morgan fingerprint density at radius 1 is 1.10 bits per heavy atom. The number of benzene rings is 2. The lowest BCUT2D eigenvalue weighted by Gasteiger charge is -2.19. The summed E-state index contributed by atoms with van der Waals surface area (Å²) in [7, 11) is 1.18. The van der Waals surface area contributed by atoms with Gasteiger partial charge in [-0.15, -0.1) is 0 Å². The topological polar surface area (TPSA) is 90.3 Å². The lowest BCUT2D eigenvalue weighted by molar-refractivity contribution is -0.119. The summed E-state index contributed by atoms with van der Waals surface area (Å²) in [5.41, 5.74) is 2.90. The molecule has 1 aromatic heterocycles. The van der Waals surface area contributed by atoms with Crippen molar-refractivity contribution in [3.63, 3.8) is 0 Å². The lowest BCUT2D eigenvalue weighted by atomic mass is 10.1. The Bertz CT molecular complexity index is 1140. The number of nitrogens with one attached hydrogen (secondary N) is 1. The summed E-state index contributed by atoms with van der Waals surface area (Å²) in [5, 5.41) is 2.33. The molecule has 1 N–H and O–H groups in total. The summed E-state index contributed by atoms with van der Waals surface area (Å²) in [6, 6.07) is 12.9. The summed E-state index contributed by atoms with van der Waals surface area (Å²) in [5.74, 6) is -0.530. The maximum Gasteiger partial charge on any atom is 0.413 e. The van der Waals surface area contributed by atoms with E-state index < -0.39 is 17.3 Å². The lowest BCUT2D eigenvalue weighted by Crippen LogP contribution is -2.36. The highest BCUT2D eigenvalue weighted by atomic mass is 32.2. The highest BCUT2D eigenvalue weighted by Gasteiger charge is 2.23. The van der Waals surface area contributed by atoms with Crippen LogP contribution in [-0.2, 0) is 9.53 Å². The van der Waals surface area contributed by atoms with Crippen molar-refractivity contribution >= 4 is 34.7 Å². The van der Waals surface area contributed by atoms with Crippen LogP contribution in [-0.4, -0.2) is 33.9 Å². The molecule has 7 nitrogen and oxygen atoms in total. The first-order chi connectivity index (χ1) is 13.8. The molecule has 0 bridgehead atoms. The van der Waals surface area contributed by atoms with Gasteiger partial charge in [-0.25, -0.2) is 9.78 Å². The molecule has 0 saturated carbocycles. The number of carbonyl (C=O) groups is 2. The third-order valence-corrected chi connectivity index (χ3v) is 5.52. The summed E-state index contributed by atoms with van der Waals surface area (Å²) in [6.45, 7) is 5.48. The Labute approximate surface area is 172 Å². The Hall–Kier alpha value is -3.13. The van der Waals surface area contributed by atoms with Gasteiger partial charge in [-0.1, -0.05) is 42.1 Å². The predicted octanol–water partition coefficient (Wildman–Crippen LogP) is 3.37. The molecule has 0 radical (unpaired) electrons. The monoisotopic (exact) mass is 411 g/mol. The molecule has 0 aliphatic rings. The zero-order valence-electron chi connectivity index (χ0n) is 16.6. The van der Waals surface area contributed by atoms with Crippen molar-refractivity contribution in [2.45, 2.75) is 31.2 Å². The van der Waals surface area contributed by atoms with Crippen molar-refractivity contribution in [2.24, 2.45) is 0 Å². The number of amides is 2. The molecule has 150 valence electrons. The van der Waals surface area contributed by atoms with Crippen LogP contribution in [0.4, 0.5) is 4.79 Å². The van der Waals surface area contributed by atoms with Crippen molar-refractivity contribution in [1.29, 1.82) is 0 Å². The average Bonchev–Trinajstić information content (AvgIpc) is 2.69. The molecule has 0 aliphatic carbocycles. The molecular weight excluding hydrogens is 390 g/mol. The van der Waals surface area contributed by atoms with Crippen LogP contribution in [0.25, 0.3) is 16.6 Å². The number of aromatic nitrogens is 2. The summed E-state index contributed by atoms with van der Waals surface area (Å²) in [4.78, 5) is 41.7. The number of methoxy groups -OCH3 is 1. The van der Waals surface area contributed by atoms with Gasteiger partial charge in [-0.3, -0.25) is 19.5 Å². The first kappa shape index (κ1) is 20.6. The highest BCUT2D eigenvalue weighted by molar-refractivity contribution is 8.00. The summed E-state index contributed by atoms with van der Waals surface area (Å²) >= 11 is 1.10. The number of thioether (sulfide) groups is 1. The van der Waals surface area contributed by atoms with Gasteiger partial charge >= 0.3 is 6.09 Å². The number of fused-ring (bicyclic) bond motifs is 1. The molecule has 0 fully saturated rings. The number of hydrogen-bond acceptors (Lipinski definition) is 6. The molecule has 1 heterocycles. The molecule has 3 rings (SSSR count). The molecule has 0 aliphatic heterocycles. The van der Waals surface area contributed by atoms with Gasteiger partial charge in [-0.2, -0.15) is 0 Å². The number of hydrogen-bond donors (Lipinski definition) is 1. The Kier molecular flexibility index (Phi) is 6.03. The van der Waals surface area contributed by atoms with E-state index in [2.05, 4.69) is 15.0 Å². The molecule has 2 aromatic carbocycles. The number of nitrogens with zero attached hydrogens (tertiary/aromatic N) is 2. The second-order valence-electron chi connectivity index (χ2n) is 6.53. The molecule has 8 heteroatoms. The minimum absolute atomic E-state index is 0.212. The van der Waals surface area contributed by atoms with Gasteiger partial charge in [-0.05, 0) is 44.0 Å². The van der Waals surface area contributed by atoms with Crippen LogP contribution >= 0.6 is 11.8 Å². The fraction of sp³-hybridized carbons (Fsp3) is 0.238. The van der Waals surface area contributed by atoms with Crippen LogP contribution in [0.1, 0.15) is 18.1 Å². The first-order valence-electron chi connectivity index (χ1n) is 8.97. The third-order valence-electron chi connectivity index (χ3n) is 4.47. The van der Waals surface area contributed by atoms with Crippen molar-refractivity contribution < 1.29 is 14.3 Å². The van der Waals surface area contributed by atoms with Gasteiger partial charge in [0.2, 0.25) is 5.91 Å². The predicted molar refractivity (Wildman–Crippen MR) is 113 cm³/mol. The minimum Gasteiger partial charge on any atom is -0.453 e. The van der Waals surface area contributed by atoms with Crippen LogP contribution in [0.2, 0.25) is 0 Å². The Balaban J connectivity index is 2.17. The van der Waals surface area contributed by atoms with Gasteiger partial charge in [0, 0.05) is 0 Å². The first-order valence-corrected chi connectivity index (χ1v) is 9.85. The van der Waals surface area contributed by atoms with Crippen molar-refractivity contribution in [3.05, 3.63) is 63.9 Å². The standard InChI is InChI=1S/C21H21N3O4S/c1-12-8-7-9-13(2)17(12)24-19(26)15-10-5-6-11-16(15)22-20(24)29-14(3)18(25)23-21(27)28-4/h5-11,14H,1-4H3,(H,23,25,27)/t14-/m1/s1. The minimum atomic E-state index is -0.832. The molecule has 2 amide bonds. The number of para-hydroxylation sites is 2.